The standard InChI is InChI=1S/C22H23N3O3S/c1-11-18(13(3)26)12(2)23-19(11)20(27)14(4)29-22-24-17-8-6-5-7-16(17)21(28)25(22)15-9-10-15/h5-8,14-15,23H,9-10H2,1-4H3/t14-/m1/s1. The number of thioether (sulfide) groups is 1. The Bertz CT molecular complexity index is 1200. The fraction of sp³-hybridized carbons (Fsp3) is 0.364. The SMILES string of the molecule is CC(=O)c1c(C)[nH]c(C(=O)[C@@H](C)Sc2nc3ccccc3c(=O)n2C2CC2)c1C. The first-order chi connectivity index (χ1) is 13.8. The molecule has 0 aliphatic heterocycles. The Kier molecular flexibility index (Phi) is 4.94. The van der Waals surface area contributed by atoms with Crippen LogP contribution < -0.4 is 5.56 Å². The maximum absolute atomic E-state index is 13.1. The molecule has 1 aliphatic rings. The number of carbonyl (C=O) groups is 2. The Hall–Kier alpha value is -2.67. The average Bonchev–Trinajstić information content (AvgIpc) is 3.45. The zero-order valence-electron chi connectivity index (χ0n) is 16.9. The predicted octanol–water partition coefficient (Wildman–Crippen LogP) is 4.24. The smallest absolute Gasteiger partial charge is 0.262 e. The van der Waals surface area contributed by atoms with Crippen molar-refractivity contribution in [3.63, 3.8) is 0 Å². The van der Waals surface area contributed by atoms with Gasteiger partial charge in [-0.1, -0.05) is 23.9 Å². The van der Waals surface area contributed by atoms with Crippen molar-refractivity contribution >= 4 is 34.2 Å². The number of hydrogen-bond donors (Lipinski definition) is 1. The van der Waals surface area contributed by atoms with Crippen LogP contribution in [0.2, 0.25) is 0 Å². The maximum atomic E-state index is 13.1. The molecular formula is C22H23N3O3S. The summed E-state index contributed by atoms with van der Waals surface area (Å²) >= 11 is 1.30. The van der Waals surface area contributed by atoms with E-state index in [1.54, 1.807) is 24.5 Å². The van der Waals surface area contributed by atoms with Crippen molar-refractivity contribution in [3.05, 3.63) is 57.1 Å². The zero-order valence-corrected chi connectivity index (χ0v) is 17.7. The number of fused-ring (bicyclic) bond motifs is 1. The summed E-state index contributed by atoms with van der Waals surface area (Å²) < 4.78 is 1.74. The minimum Gasteiger partial charge on any atom is -0.355 e. The van der Waals surface area contributed by atoms with Crippen LogP contribution in [0.5, 0.6) is 0 Å². The Morgan fingerprint density at radius 2 is 1.93 bits per heavy atom. The van der Waals surface area contributed by atoms with Crippen molar-refractivity contribution < 1.29 is 9.59 Å². The van der Waals surface area contributed by atoms with E-state index in [1.165, 1.54) is 18.7 Å². The summed E-state index contributed by atoms with van der Waals surface area (Å²) in [5.74, 6) is -0.165. The van der Waals surface area contributed by atoms with Crippen LogP contribution in [0.15, 0.2) is 34.2 Å². The molecule has 1 aromatic carbocycles. The molecule has 2 aromatic heterocycles. The largest absolute Gasteiger partial charge is 0.355 e. The third kappa shape index (κ3) is 3.44. The Balaban J connectivity index is 1.71. The van der Waals surface area contributed by atoms with Crippen molar-refractivity contribution in [1.29, 1.82) is 0 Å². The van der Waals surface area contributed by atoms with Gasteiger partial charge in [0.05, 0.1) is 21.8 Å². The Morgan fingerprint density at radius 1 is 1.24 bits per heavy atom. The average molecular weight is 410 g/mol. The molecular weight excluding hydrogens is 386 g/mol. The molecule has 3 aromatic rings. The summed E-state index contributed by atoms with van der Waals surface area (Å²) in [6.07, 6.45) is 1.90. The molecule has 1 fully saturated rings. The summed E-state index contributed by atoms with van der Waals surface area (Å²) in [4.78, 5) is 45.8. The minimum atomic E-state index is -0.454. The van der Waals surface area contributed by atoms with Crippen LogP contribution in [0.25, 0.3) is 10.9 Å². The quantitative estimate of drug-likeness (QED) is 0.374. The zero-order chi connectivity index (χ0) is 20.9. The number of nitrogens with zero attached hydrogens (tertiary/aromatic N) is 2. The van der Waals surface area contributed by atoms with Gasteiger partial charge in [-0.3, -0.25) is 19.0 Å². The molecule has 1 N–H and O–H groups in total. The van der Waals surface area contributed by atoms with Gasteiger partial charge in [0.15, 0.2) is 16.7 Å². The lowest BCUT2D eigenvalue weighted by molar-refractivity contribution is 0.0988. The number of ketones is 2. The van der Waals surface area contributed by atoms with Crippen molar-refractivity contribution in [2.24, 2.45) is 0 Å². The first-order valence-corrected chi connectivity index (χ1v) is 10.6. The third-order valence-electron chi connectivity index (χ3n) is 5.37. The Morgan fingerprint density at radius 3 is 2.55 bits per heavy atom. The molecule has 0 radical (unpaired) electrons. The van der Waals surface area contributed by atoms with Crippen LogP contribution in [0.4, 0.5) is 0 Å². The lowest BCUT2D eigenvalue weighted by Gasteiger charge is -2.15. The summed E-state index contributed by atoms with van der Waals surface area (Å²) in [5.41, 5.74) is 3.00. The normalized spacial score (nSPS) is 14.9. The van der Waals surface area contributed by atoms with Gasteiger partial charge in [-0.05, 0) is 58.2 Å². The molecule has 7 heteroatoms. The Labute approximate surface area is 172 Å². The van der Waals surface area contributed by atoms with E-state index in [9.17, 15) is 14.4 Å². The molecule has 6 nitrogen and oxygen atoms in total. The van der Waals surface area contributed by atoms with E-state index in [4.69, 9.17) is 4.98 Å². The van der Waals surface area contributed by atoms with Crippen molar-refractivity contribution in [3.8, 4) is 0 Å². The number of nitrogens with one attached hydrogen (secondary N) is 1. The molecule has 0 spiro atoms. The summed E-state index contributed by atoms with van der Waals surface area (Å²) in [5, 5.41) is 0.721. The molecule has 150 valence electrons. The van der Waals surface area contributed by atoms with E-state index in [2.05, 4.69) is 4.98 Å². The summed E-state index contributed by atoms with van der Waals surface area (Å²) in [7, 11) is 0. The highest BCUT2D eigenvalue weighted by Gasteiger charge is 2.31. The highest BCUT2D eigenvalue weighted by Crippen LogP contribution is 2.38. The molecule has 1 aliphatic carbocycles. The van der Waals surface area contributed by atoms with Crippen LogP contribution in [0.1, 0.15) is 64.8 Å². The summed E-state index contributed by atoms with van der Waals surface area (Å²) in [6.45, 7) is 6.91. The lowest BCUT2D eigenvalue weighted by atomic mass is 10.0. The van der Waals surface area contributed by atoms with Gasteiger partial charge < -0.3 is 4.98 Å². The van der Waals surface area contributed by atoms with Crippen molar-refractivity contribution in [2.45, 2.75) is 57.0 Å². The highest BCUT2D eigenvalue weighted by atomic mass is 32.2. The fourth-order valence-electron chi connectivity index (χ4n) is 3.80. The number of aromatic amines is 1. The van der Waals surface area contributed by atoms with Crippen LogP contribution in [-0.4, -0.2) is 31.4 Å². The number of benzene rings is 1. The van der Waals surface area contributed by atoms with E-state index in [-0.39, 0.29) is 23.2 Å². The van der Waals surface area contributed by atoms with Gasteiger partial charge in [-0.15, -0.1) is 0 Å². The van der Waals surface area contributed by atoms with Crippen molar-refractivity contribution in [1.82, 2.24) is 14.5 Å². The minimum absolute atomic E-state index is 0.0500. The molecule has 0 saturated heterocycles. The van der Waals surface area contributed by atoms with Crippen molar-refractivity contribution in [2.75, 3.05) is 0 Å². The van der Waals surface area contributed by atoms with Gasteiger partial charge in [0, 0.05) is 17.3 Å². The topological polar surface area (TPSA) is 84.8 Å². The van der Waals surface area contributed by atoms with Crippen LogP contribution >= 0.6 is 11.8 Å². The van der Waals surface area contributed by atoms with Crippen LogP contribution in [0.3, 0.4) is 0 Å². The number of hydrogen-bond acceptors (Lipinski definition) is 5. The molecule has 1 saturated carbocycles. The first kappa shape index (κ1) is 19.6. The second kappa shape index (κ2) is 7.30. The fourth-order valence-corrected chi connectivity index (χ4v) is 4.84. The van der Waals surface area contributed by atoms with Gasteiger partial charge in [0.1, 0.15) is 0 Å². The molecule has 0 unspecified atom stereocenters. The van der Waals surface area contributed by atoms with Gasteiger partial charge in [-0.25, -0.2) is 4.98 Å². The lowest BCUT2D eigenvalue weighted by Crippen LogP contribution is -2.24. The highest BCUT2D eigenvalue weighted by molar-refractivity contribution is 8.00. The second-order valence-corrected chi connectivity index (χ2v) is 8.93. The second-order valence-electron chi connectivity index (χ2n) is 7.62. The van der Waals surface area contributed by atoms with E-state index in [0.717, 1.165) is 12.8 Å². The van der Waals surface area contributed by atoms with E-state index >= 15 is 0 Å². The van der Waals surface area contributed by atoms with E-state index < -0.39 is 5.25 Å². The van der Waals surface area contributed by atoms with Crippen LogP contribution in [-0.2, 0) is 0 Å². The van der Waals surface area contributed by atoms with E-state index in [0.29, 0.717) is 38.6 Å². The third-order valence-corrected chi connectivity index (χ3v) is 6.44. The van der Waals surface area contributed by atoms with Gasteiger partial charge in [0.25, 0.3) is 5.56 Å². The molecule has 1 atom stereocenters. The maximum Gasteiger partial charge on any atom is 0.262 e. The molecule has 4 rings (SSSR count). The molecule has 0 bridgehead atoms. The number of aryl methyl sites for hydroxylation is 1. The number of carbonyl (C=O) groups excluding carboxylic acids is 2. The number of H-pyrrole nitrogens is 1. The summed E-state index contributed by atoms with van der Waals surface area (Å²) in [6, 6.07) is 7.46. The molecule has 29 heavy (non-hydrogen) atoms. The predicted molar refractivity (Wildman–Crippen MR) is 114 cm³/mol. The van der Waals surface area contributed by atoms with E-state index in [1.807, 2.05) is 25.1 Å². The molecule has 2 heterocycles. The van der Waals surface area contributed by atoms with Gasteiger partial charge in [0.2, 0.25) is 0 Å². The number of para-hydroxylation sites is 1. The molecule has 0 amide bonds. The van der Waals surface area contributed by atoms with Gasteiger partial charge >= 0.3 is 0 Å². The van der Waals surface area contributed by atoms with Crippen LogP contribution in [0, 0.1) is 13.8 Å². The van der Waals surface area contributed by atoms with Gasteiger partial charge in [-0.2, -0.15) is 0 Å². The number of aromatic nitrogens is 3. The number of rotatable bonds is 6. The monoisotopic (exact) mass is 409 g/mol. The number of Topliss-reactive ketones (excluding diaryl/α,β-unsaturated/α-hetero) is 2. The first-order valence-electron chi connectivity index (χ1n) is 9.71.